The van der Waals surface area contributed by atoms with E-state index in [-0.39, 0.29) is 0 Å². The van der Waals surface area contributed by atoms with Gasteiger partial charge in [0.05, 0.1) is 4.34 Å². The van der Waals surface area contributed by atoms with Gasteiger partial charge in [0.15, 0.2) is 0 Å². The molecule has 0 spiro atoms. The highest BCUT2D eigenvalue weighted by atomic mass is 35.5. The summed E-state index contributed by atoms with van der Waals surface area (Å²) in [5.74, 6) is 0. The van der Waals surface area contributed by atoms with Crippen molar-refractivity contribution in [3.8, 4) is 0 Å². The summed E-state index contributed by atoms with van der Waals surface area (Å²) < 4.78 is 0.886. The summed E-state index contributed by atoms with van der Waals surface area (Å²) in [5.41, 5.74) is 0. The van der Waals surface area contributed by atoms with E-state index in [0.717, 1.165) is 10.9 Å². The Bertz CT molecular complexity index is 464. The lowest BCUT2D eigenvalue weighted by molar-refractivity contribution is 0.491. The zero-order chi connectivity index (χ0) is 13.5. The van der Waals surface area contributed by atoms with Crippen LogP contribution in [0.2, 0.25) is 4.34 Å². The van der Waals surface area contributed by atoms with Crippen molar-refractivity contribution in [3.63, 3.8) is 0 Å². The standard InChI is InChI=1S/C15H20ClNS2/c1-2-10-17-13(14-8-9-15(16)19-14)7-3-5-12-6-4-11-18-12/h4,6,8-9,11,13,17H,2-3,5,7,10H2,1H3. The van der Waals surface area contributed by atoms with E-state index in [0.29, 0.717) is 6.04 Å². The van der Waals surface area contributed by atoms with E-state index >= 15 is 0 Å². The van der Waals surface area contributed by atoms with E-state index in [9.17, 15) is 0 Å². The monoisotopic (exact) mass is 313 g/mol. The second-order valence-electron chi connectivity index (χ2n) is 4.62. The number of hydrogen-bond donors (Lipinski definition) is 1. The van der Waals surface area contributed by atoms with Crippen molar-refractivity contribution in [2.75, 3.05) is 6.54 Å². The third-order valence-electron chi connectivity index (χ3n) is 3.07. The van der Waals surface area contributed by atoms with Gasteiger partial charge >= 0.3 is 0 Å². The molecule has 104 valence electrons. The van der Waals surface area contributed by atoms with Crippen molar-refractivity contribution in [2.24, 2.45) is 0 Å². The van der Waals surface area contributed by atoms with Gasteiger partial charge in [-0.3, -0.25) is 0 Å². The van der Waals surface area contributed by atoms with Crippen molar-refractivity contribution in [3.05, 3.63) is 43.7 Å². The van der Waals surface area contributed by atoms with Crippen LogP contribution in [-0.2, 0) is 6.42 Å². The average molecular weight is 314 g/mol. The molecule has 0 fully saturated rings. The summed E-state index contributed by atoms with van der Waals surface area (Å²) in [6.45, 7) is 3.27. The van der Waals surface area contributed by atoms with Gasteiger partial charge in [0.2, 0.25) is 0 Å². The summed E-state index contributed by atoms with van der Waals surface area (Å²) >= 11 is 9.60. The Morgan fingerprint density at radius 3 is 2.84 bits per heavy atom. The van der Waals surface area contributed by atoms with Gasteiger partial charge in [0.1, 0.15) is 0 Å². The fourth-order valence-corrected chi connectivity index (χ4v) is 4.04. The first-order chi connectivity index (χ1) is 9.29. The zero-order valence-corrected chi connectivity index (χ0v) is 13.6. The minimum atomic E-state index is 0.456. The van der Waals surface area contributed by atoms with Gasteiger partial charge in [-0.05, 0) is 55.8 Å². The van der Waals surface area contributed by atoms with Crippen LogP contribution in [-0.4, -0.2) is 6.54 Å². The molecule has 0 aromatic carbocycles. The lowest BCUT2D eigenvalue weighted by atomic mass is 10.1. The molecule has 0 bridgehead atoms. The van der Waals surface area contributed by atoms with Gasteiger partial charge in [-0.15, -0.1) is 22.7 Å². The summed E-state index contributed by atoms with van der Waals surface area (Å²) in [6, 6.07) is 8.97. The number of rotatable bonds is 8. The molecule has 2 rings (SSSR count). The Morgan fingerprint density at radius 1 is 1.32 bits per heavy atom. The Morgan fingerprint density at radius 2 is 2.21 bits per heavy atom. The molecule has 1 atom stereocenters. The molecule has 0 saturated heterocycles. The van der Waals surface area contributed by atoms with Gasteiger partial charge in [-0.25, -0.2) is 0 Å². The van der Waals surface area contributed by atoms with Gasteiger partial charge < -0.3 is 5.32 Å². The first-order valence-corrected chi connectivity index (χ1v) is 8.88. The maximum atomic E-state index is 6.05. The third kappa shape index (κ3) is 4.92. The summed E-state index contributed by atoms with van der Waals surface area (Å²) in [7, 11) is 0. The summed E-state index contributed by atoms with van der Waals surface area (Å²) in [6.07, 6.45) is 4.74. The number of nitrogens with one attached hydrogen (secondary N) is 1. The van der Waals surface area contributed by atoms with Crippen LogP contribution in [0.15, 0.2) is 29.6 Å². The van der Waals surface area contributed by atoms with Crippen molar-refractivity contribution in [1.29, 1.82) is 0 Å². The molecule has 1 N–H and O–H groups in total. The van der Waals surface area contributed by atoms with Crippen LogP contribution in [0.25, 0.3) is 0 Å². The second-order valence-corrected chi connectivity index (χ2v) is 7.40. The van der Waals surface area contributed by atoms with E-state index in [2.05, 4.69) is 35.8 Å². The second kappa shape index (κ2) is 8.05. The van der Waals surface area contributed by atoms with Crippen LogP contribution in [0, 0.1) is 0 Å². The fourth-order valence-electron chi connectivity index (χ4n) is 2.11. The first kappa shape index (κ1) is 15.0. The van der Waals surface area contributed by atoms with Gasteiger partial charge in [0, 0.05) is 15.8 Å². The van der Waals surface area contributed by atoms with Crippen molar-refractivity contribution < 1.29 is 0 Å². The SMILES string of the molecule is CCCNC(CCCc1cccs1)c1ccc(Cl)s1. The Balaban J connectivity index is 1.86. The molecule has 19 heavy (non-hydrogen) atoms. The van der Waals surface area contributed by atoms with E-state index in [1.165, 1.54) is 35.4 Å². The predicted octanol–water partition coefficient (Wildman–Crippen LogP) is 5.53. The Labute approximate surface area is 128 Å². The van der Waals surface area contributed by atoms with Crippen molar-refractivity contribution in [2.45, 2.75) is 38.6 Å². The van der Waals surface area contributed by atoms with E-state index in [1.807, 2.05) is 17.4 Å². The molecule has 2 heterocycles. The van der Waals surface area contributed by atoms with Gasteiger partial charge in [-0.2, -0.15) is 0 Å². The molecule has 0 amide bonds. The third-order valence-corrected chi connectivity index (χ3v) is 5.36. The summed E-state index contributed by atoms with van der Waals surface area (Å²) in [5, 5.41) is 5.79. The largest absolute Gasteiger partial charge is 0.309 e. The molecule has 0 saturated carbocycles. The highest BCUT2D eigenvalue weighted by Crippen LogP contribution is 2.30. The fraction of sp³-hybridized carbons (Fsp3) is 0.467. The molecule has 4 heteroatoms. The minimum Gasteiger partial charge on any atom is -0.309 e. The molecule has 2 aromatic heterocycles. The van der Waals surface area contributed by atoms with Crippen molar-refractivity contribution >= 4 is 34.3 Å². The van der Waals surface area contributed by atoms with Gasteiger partial charge in [-0.1, -0.05) is 24.6 Å². The topological polar surface area (TPSA) is 12.0 Å². The molecular weight excluding hydrogens is 294 g/mol. The molecular formula is C15H20ClNS2. The highest BCUT2D eigenvalue weighted by molar-refractivity contribution is 7.16. The maximum Gasteiger partial charge on any atom is 0.0931 e. The number of thiophene rings is 2. The number of aryl methyl sites for hydroxylation is 1. The maximum absolute atomic E-state index is 6.05. The lowest BCUT2D eigenvalue weighted by Gasteiger charge is -2.16. The molecule has 2 aromatic rings. The Hall–Kier alpha value is -0.350. The van der Waals surface area contributed by atoms with Crippen LogP contribution in [0.5, 0.6) is 0 Å². The van der Waals surface area contributed by atoms with Crippen molar-refractivity contribution in [1.82, 2.24) is 5.32 Å². The van der Waals surface area contributed by atoms with Crippen LogP contribution >= 0.6 is 34.3 Å². The van der Waals surface area contributed by atoms with Crippen LogP contribution < -0.4 is 5.32 Å². The minimum absolute atomic E-state index is 0.456. The van der Waals surface area contributed by atoms with Gasteiger partial charge in [0.25, 0.3) is 0 Å². The molecule has 1 unspecified atom stereocenters. The normalized spacial score (nSPS) is 12.7. The molecule has 0 radical (unpaired) electrons. The first-order valence-electron chi connectivity index (χ1n) is 6.80. The average Bonchev–Trinajstić information content (AvgIpc) is 3.05. The molecule has 1 nitrogen and oxygen atoms in total. The quantitative estimate of drug-likeness (QED) is 0.676. The van der Waals surface area contributed by atoms with E-state index in [1.54, 1.807) is 11.3 Å². The smallest absolute Gasteiger partial charge is 0.0931 e. The molecule has 0 aliphatic rings. The summed E-state index contributed by atoms with van der Waals surface area (Å²) in [4.78, 5) is 2.85. The van der Waals surface area contributed by atoms with Crippen LogP contribution in [0.4, 0.5) is 0 Å². The van der Waals surface area contributed by atoms with Crippen LogP contribution in [0.3, 0.4) is 0 Å². The number of hydrogen-bond acceptors (Lipinski definition) is 3. The lowest BCUT2D eigenvalue weighted by Crippen LogP contribution is -2.21. The number of halogens is 1. The zero-order valence-electron chi connectivity index (χ0n) is 11.2. The Kier molecular flexibility index (Phi) is 6.38. The van der Waals surface area contributed by atoms with E-state index < -0.39 is 0 Å². The van der Waals surface area contributed by atoms with E-state index in [4.69, 9.17) is 11.6 Å². The highest BCUT2D eigenvalue weighted by Gasteiger charge is 2.12. The van der Waals surface area contributed by atoms with Crippen LogP contribution in [0.1, 0.15) is 42.0 Å². The predicted molar refractivity (Wildman–Crippen MR) is 87.6 cm³/mol. The molecule has 0 aliphatic carbocycles. The molecule has 0 aliphatic heterocycles.